The summed E-state index contributed by atoms with van der Waals surface area (Å²) in [5.74, 6) is 0.921. The predicted octanol–water partition coefficient (Wildman–Crippen LogP) is 1.42. The lowest BCUT2D eigenvalue weighted by atomic mass is 9.92. The van der Waals surface area contributed by atoms with Crippen molar-refractivity contribution >= 4 is 5.97 Å². The molecular formula is C12H17NO3. The molecule has 4 heteroatoms. The van der Waals surface area contributed by atoms with Crippen molar-refractivity contribution in [1.82, 2.24) is 0 Å². The molecule has 2 rings (SSSR count). The Morgan fingerprint density at radius 3 is 2.88 bits per heavy atom. The van der Waals surface area contributed by atoms with Crippen LogP contribution in [-0.2, 0) is 24.1 Å². The number of nitrogens with two attached hydrogens (primary N) is 1. The molecule has 0 bridgehead atoms. The lowest BCUT2D eigenvalue weighted by Gasteiger charge is -2.12. The smallest absolute Gasteiger partial charge is 0.320 e. The minimum absolute atomic E-state index is 0.375. The van der Waals surface area contributed by atoms with Crippen LogP contribution in [0.3, 0.4) is 0 Å². The minimum atomic E-state index is -0.954. The van der Waals surface area contributed by atoms with Gasteiger partial charge in [-0.1, -0.05) is 0 Å². The molecule has 0 saturated heterocycles. The van der Waals surface area contributed by atoms with Crippen LogP contribution in [0.2, 0.25) is 0 Å². The van der Waals surface area contributed by atoms with Crippen LogP contribution in [0, 0.1) is 6.92 Å². The van der Waals surface area contributed by atoms with Gasteiger partial charge in [-0.2, -0.15) is 0 Å². The Morgan fingerprint density at radius 2 is 2.19 bits per heavy atom. The largest absolute Gasteiger partial charge is 0.480 e. The first-order valence-corrected chi connectivity index (χ1v) is 5.68. The number of aliphatic carboxylic acids is 1. The summed E-state index contributed by atoms with van der Waals surface area (Å²) in [4.78, 5) is 10.7. The SMILES string of the molecule is Cc1oc2c(c1CC(N)C(=O)O)CCCC2. The van der Waals surface area contributed by atoms with Crippen molar-refractivity contribution in [2.75, 3.05) is 0 Å². The van der Waals surface area contributed by atoms with E-state index in [-0.39, 0.29) is 0 Å². The number of hydrogen-bond donors (Lipinski definition) is 2. The Kier molecular flexibility index (Phi) is 3.01. The van der Waals surface area contributed by atoms with Gasteiger partial charge in [0.2, 0.25) is 0 Å². The third-order valence-corrected chi connectivity index (χ3v) is 3.22. The van der Waals surface area contributed by atoms with Gasteiger partial charge in [-0.15, -0.1) is 0 Å². The normalized spacial score (nSPS) is 16.9. The van der Waals surface area contributed by atoms with E-state index in [1.807, 2.05) is 6.92 Å². The summed E-state index contributed by atoms with van der Waals surface area (Å²) in [5.41, 5.74) is 7.80. The molecule has 88 valence electrons. The third-order valence-electron chi connectivity index (χ3n) is 3.22. The van der Waals surface area contributed by atoms with E-state index in [1.165, 1.54) is 5.56 Å². The highest BCUT2D eigenvalue weighted by Gasteiger charge is 2.23. The summed E-state index contributed by atoms with van der Waals surface area (Å²) in [6.07, 6.45) is 4.65. The highest BCUT2D eigenvalue weighted by molar-refractivity contribution is 5.73. The van der Waals surface area contributed by atoms with Crippen molar-refractivity contribution in [3.05, 3.63) is 22.6 Å². The van der Waals surface area contributed by atoms with E-state index in [9.17, 15) is 4.79 Å². The van der Waals surface area contributed by atoms with Crippen LogP contribution in [0.25, 0.3) is 0 Å². The summed E-state index contributed by atoms with van der Waals surface area (Å²) < 4.78 is 5.67. The van der Waals surface area contributed by atoms with Gasteiger partial charge in [-0.05, 0) is 37.3 Å². The fraction of sp³-hybridized carbons (Fsp3) is 0.583. The molecule has 0 radical (unpaired) electrons. The van der Waals surface area contributed by atoms with Gasteiger partial charge in [-0.25, -0.2) is 0 Å². The number of rotatable bonds is 3. The lowest BCUT2D eigenvalue weighted by molar-refractivity contribution is -0.138. The standard InChI is InChI=1S/C12H17NO3/c1-7-9(6-10(13)12(14)15)8-4-2-3-5-11(8)16-7/h10H,2-6,13H2,1H3,(H,14,15). The topological polar surface area (TPSA) is 76.5 Å². The van der Waals surface area contributed by atoms with Crippen molar-refractivity contribution in [2.24, 2.45) is 5.73 Å². The second-order valence-electron chi connectivity index (χ2n) is 4.39. The summed E-state index contributed by atoms with van der Waals surface area (Å²) in [7, 11) is 0. The number of carboxylic acid groups (broad SMARTS) is 1. The van der Waals surface area contributed by atoms with Crippen LogP contribution in [0.4, 0.5) is 0 Å². The number of furan rings is 1. The van der Waals surface area contributed by atoms with Gasteiger partial charge >= 0.3 is 5.97 Å². The van der Waals surface area contributed by atoms with E-state index >= 15 is 0 Å². The molecule has 16 heavy (non-hydrogen) atoms. The lowest BCUT2D eigenvalue weighted by Crippen LogP contribution is -2.32. The predicted molar refractivity (Wildman–Crippen MR) is 59.4 cm³/mol. The fourth-order valence-electron chi connectivity index (χ4n) is 2.34. The van der Waals surface area contributed by atoms with E-state index in [2.05, 4.69) is 0 Å². The Labute approximate surface area is 94.4 Å². The monoisotopic (exact) mass is 223 g/mol. The molecule has 1 aromatic heterocycles. The summed E-state index contributed by atoms with van der Waals surface area (Å²) in [6.45, 7) is 1.89. The number of hydrogen-bond acceptors (Lipinski definition) is 3. The molecule has 1 aliphatic carbocycles. The van der Waals surface area contributed by atoms with Gasteiger partial charge < -0.3 is 15.3 Å². The second-order valence-corrected chi connectivity index (χ2v) is 4.39. The summed E-state index contributed by atoms with van der Waals surface area (Å²) >= 11 is 0. The quantitative estimate of drug-likeness (QED) is 0.812. The molecule has 0 saturated carbocycles. The third kappa shape index (κ3) is 1.97. The molecule has 0 amide bonds. The Bertz CT molecular complexity index is 409. The highest BCUT2D eigenvalue weighted by Crippen LogP contribution is 2.30. The molecule has 1 aromatic rings. The Balaban J connectivity index is 2.26. The van der Waals surface area contributed by atoms with Crippen LogP contribution < -0.4 is 5.73 Å². The molecular weight excluding hydrogens is 206 g/mol. The van der Waals surface area contributed by atoms with Gasteiger partial charge in [0.15, 0.2) is 0 Å². The van der Waals surface area contributed by atoms with Gasteiger partial charge in [0, 0.05) is 12.8 Å². The van der Waals surface area contributed by atoms with E-state index in [4.69, 9.17) is 15.3 Å². The van der Waals surface area contributed by atoms with Crippen LogP contribution in [-0.4, -0.2) is 17.1 Å². The first-order valence-electron chi connectivity index (χ1n) is 5.68. The van der Waals surface area contributed by atoms with Crippen molar-refractivity contribution in [3.8, 4) is 0 Å². The molecule has 1 atom stereocenters. The zero-order valence-corrected chi connectivity index (χ0v) is 9.45. The van der Waals surface area contributed by atoms with E-state index in [1.54, 1.807) is 0 Å². The average Bonchev–Trinajstić information content (AvgIpc) is 2.55. The number of carboxylic acids is 1. The molecule has 3 N–H and O–H groups in total. The van der Waals surface area contributed by atoms with Crippen LogP contribution in [0.5, 0.6) is 0 Å². The van der Waals surface area contributed by atoms with Gasteiger partial charge in [0.25, 0.3) is 0 Å². The summed E-state index contributed by atoms with van der Waals surface area (Å²) in [6, 6.07) is -0.831. The number of aryl methyl sites for hydroxylation is 2. The highest BCUT2D eigenvalue weighted by atomic mass is 16.4. The van der Waals surface area contributed by atoms with Crippen molar-refractivity contribution < 1.29 is 14.3 Å². The van der Waals surface area contributed by atoms with Crippen LogP contribution in [0.15, 0.2) is 4.42 Å². The fourth-order valence-corrected chi connectivity index (χ4v) is 2.34. The zero-order chi connectivity index (χ0) is 11.7. The molecule has 0 spiro atoms. The first-order chi connectivity index (χ1) is 7.59. The first kappa shape index (κ1) is 11.2. The van der Waals surface area contributed by atoms with Crippen molar-refractivity contribution in [3.63, 3.8) is 0 Å². The summed E-state index contributed by atoms with van der Waals surface area (Å²) in [5, 5.41) is 8.82. The molecule has 1 unspecified atom stereocenters. The maximum atomic E-state index is 10.7. The number of fused-ring (bicyclic) bond motifs is 1. The second kappa shape index (κ2) is 4.29. The van der Waals surface area contributed by atoms with Crippen LogP contribution >= 0.6 is 0 Å². The van der Waals surface area contributed by atoms with E-state index in [0.29, 0.717) is 6.42 Å². The minimum Gasteiger partial charge on any atom is -0.480 e. The molecule has 0 fully saturated rings. The van der Waals surface area contributed by atoms with Crippen molar-refractivity contribution in [1.29, 1.82) is 0 Å². The Hall–Kier alpha value is -1.29. The molecule has 1 heterocycles. The van der Waals surface area contributed by atoms with Crippen LogP contribution in [0.1, 0.15) is 35.5 Å². The molecule has 1 aliphatic rings. The average molecular weight is 223 g/mol. The van der Waals surface area contributed by atoms with E-state index < -0.39 is 12.0 Å². The molecule has 4 nitrogen and oxygen atoms in total. The maximum Gasteiger partial charge on any atom is 0.320 e. The van der Waals surface area contributed by atoms with Crippen molar-refractivity contribution in [2.45, 2.75) is 45.1 Å². The molecule has 0 aromatic carbocycles. The number of carbonyl (C=O) groups is 1. The van der Waals surface area contributed by atoms with Gasteiger partial charge in [-0.3, -0.25) is 4.79 Å². The van der Waals surface area contributed by atoms with Gasteiger partial charge in [0.1, 0.15) is 17.6 Å². The zero-order valence-electron chi connectivity index (χ0n) is 9.45. The Morgan fingerprint density at radius 1 is 1.50 bits per heavy atom. The molecule has 0 aliphatic heterocycles. The van der Waals surface area contributed by atoms with E-state index in [0.717, 1.165) is 42.8 Å². The maximum absolute atomic E-state index is 10.7. The van der Waals surface area contributed by atoms with Gasteiger partial charge in [0.05, 0.1) is 0 Å².